The van der Waals surface area contributed by atoms with Crippen molar-refractivity contribution in [2.45, 2.75) is 31.3 Å². The van der Waals surface area contributed by atoms with Gasteiger partial charge in [0.15, 0.2) is 0 Å². The molecule has 134 valence electrons. The lowest BCUT2D eigenvalue weighted by molar-refractivity contribution is -0.0962. The van der Waals surface area contributed by atoms with Crippen LogP contribution in [0.3, 0.4) is 0 Å². The summed E-state index contributed by atoms with van der Waals surface area (Å²) in [6.45, 7) is 5.47. The highest BCUT2D eigenvalue weighted by Crippen LogP contribution is 2.38. The van der Waals surface area contributed by atoms with Crippen molar-refractivity contribution in [3.8, 4) is 11.8 Å². The lowest BCUT2D eigenvalue weighted by Crippen LogP contribution is -2.59. The van der Waals surface area contributed by atoms with Crippen molar-refractivity contribution < 1.29 is 4.74 Å². The molecular formula is C24H27NO. The van der Waals surface area contributed by atoms with Crippen LogP contribution in [-0.2, 0) is 4.74 Å². The van der Waals surface area contributed by atoms with Gasteiger partial charge in [-0.2, -0.15) is 0 Å². The van der Waals surface area contributed by atoms with Crippen LogP contribution in [0.25, 0.3) is 0 Å². The maximum Gasteiger partial charge on any atom is 0.143 e. The number of nitrogens with zero attached hydrogens (tertiary/aromatic N) is 1. The van der Waals surface area contributed by atoms with E-state index < -0.39 is 0 Å². The molecule has 0 spiro atoms. The fraction of sp³-hybridized carbons (Fsp3) is 0.417. The number of piperidine rings is 3. The molecule has 2 aromatic rings. The van der Waals surface area contributed by atoms with Gasteiger partial charge in [0.2, 0.25) is 0 Å². The minimum absolute atomic E-state index is 0.0820. The molecule has 5 rings (SSSR count). The van der Waals surface area contributed by atoms with Crippen molar-refractivity contribution in [1.29, 1.82) is 0 Å². The van der Waals surface area contributed by atoms with Crippen LogP contribution in [0.15, 0.2) is 54.6 Å². The van der Waals surface area contributed by atoms with Crippen molar-refractivity contribution in [3.63, 3.8) is 0 Å². The predicted molar refractivity (Wildman–Crippen MR) is 106 cm³/mol. The van der Waals surface area contributed by atoms with Gasteiger partial charge in [-0.05, 0) is 44.0 Å². The Hall–Kier alpha value is -2.08. The van der Waals surface area contributed by atoms with Crippen LogP contribution >= 0.6 is 0 Å². The lowest BCUT2D eigenvalue weighted by Gasteiger charge is -2.49. The Labute approximate surface area is 157 Å². The third-order valence-corrected chi connectivity index (χ3v) is 6.01. The zero-order valence-corrected chi connectivity index (χ0v) is 15.7. The molecule has 3 fully saturated rings. The standard InChI is InChI=1S/C24H27NO/c1-19-7-6-10-21(17-19)23(20-8-4-3-5-9-20)11-14-24(26-2)18-25-15-12-22(24)13-16-25/h3-10,17,22-23H,12-13,15-16,18H2,1-2H3/t23?,24-/m1/s1. The molecule has 1 unspecified atom stereocenters. The second kappa shape index (κ2) is 7.27. The normalized spacial score (nSPS) is 28.2. The summed E-state index contributed by atoms with van der Waals surface area (Å²) >= 11 is 0. The summed E-state index contributed by atoms with van der Waals surface area (Å²) < 4.78 is 6.04. The second-order valence-corrected chi connectivity index (χ2v) is 7.67. The minimum Gasteiger partial charge on any atom is -0.364 e. The summed E-state index contributed by atoms with van der Waals surface area (Å²) in [5.41, 5.74) is 3.47. The Kier molecular flexibility index (Phi) is 4.85. The summed E-state index contributed by atoms with van der Waals surface area (Å²) in [5, 5.41) is 0. The molecule has 0 radical (unpaired) electrons. The molecule has 0 aliphatic carbocycles. The molecular weight excluding hydrogens is 318 g/mol. The molecule has 2 atom stereocenters. The van der Waals surface area contributed by atoms with Gasteiger partial charge in [0, 0.05) is 19.6 Å². The number of fused-ring (bicyclic) bond motifs is 3. The second-order valence-electron chi connectivity index (χ2n) is 7.67. The van der Waals surface area contributed by atoms with E-state index in [1.54, 1.807) is 0 Å². The van der Waals surface area contributed by atoms with Crippen LogP contribution in [0.1, 0.15) is 35.4 Å². The average Bonchev–Trinajstić information content (AvgIpc) is 2.70. The van der Waals surface area contributed by atoms with Crippen molar-refractivity contribution in [3.05, 3.63) is 71.3 Å². The monoisotopic (exact) mass is 345 g/mol. The molecule has 3 aliphatic rings. The van der Waals surface area contributed by atoms with Gasteiger partial charge in [-0.1, -0.05) is 72.0 Å². The number of rotatable bonds is 3. The largest absolute Gasteiger partial charge is 0.364 e. The Bertz CT molecular complexity index is 811. The zero-order valence-electron chi connectivity index (χ0n) is 15.7. The lowest BCUT2D eigenvalue weighted by atomic mass is 9.75. The first-order valence-corrected chi connectivity index (χ1v) is 9.62. The summed E-state index contributed by atoms with van der Waals surface area (Å²) in [7, 11) is 1.83. The van der Waals surface area contributed by atoms with Crippen LogP contribution < -0.4 is 0 Å². The van der Waals surface area contributed by atoms with E-state index in [4.69, 9.17) is 4.74 Å². The van der Waals surface area contributed by atoms with E-state index in [9.17, 15) is 0 Å². The molecule has 3 saturated heterocycles. The van der Waals surface area contributed by atoms with Gasteiger partial charge in [0.05, 0.1) is 5.92 Å². The van der Waals surface area contributed by atoms with Gasteiger partial charge in [-0.15, -0.1) is 0 Å². The van der Waals surface area contributed by atoms with E-state index in [2.05, 4.69) is 78.3 Å². The summed E-state index contributed by atoms with van der Waals surface area (Å²) in [5.74, 6) is 7.88. The molecule has 2 nitrogen and oxygen atoms in total. The van der Waals surface area contributed by atoms with E-state index in [0.717, 1.165) is 6.54 Å². The van der Waals surface area contributed by atoms with Crippen LogP contribution in [0.5, 0.6) is 0 Å². The van der Waals surface area contributed by atoms with Crippen LogP contribution in [0.4, 0.5) is 0 Å². The summed E-state index contributed by atoms with van der Waals surface area (Å²) in [6.07, 6.45) is 2.39. The highest BCUT2D eigenvalue weighted by molar-refractivity contribution is 5.42. The first-order chi connectivity index (χ1) is 12.7. The fourth-order valence-electron chi connectivity index (χ4n) is 4.49. The maximum atomic E-state index is 6.04. The van der Waals surface area contributed by atoms with Crippen LogP contribution in [-0.4, -0.2) is 37.2 Å². The van der Waals surface area contributed by atoms with Gasteiger partial charge in [-0.25, -0.2) is 0 Å². The first kappa shape index (κ1) is 17.3. The molecule has 3 aliphatic heterocycles. The third kappa shape index (κ3) is 3.30. The molecule has 3 heterocycles. The smallest absolute Gasteiger partial charge is 0.143 e. The van der Waals surface area contributed by atoms with Crippen molar-refractivity contribution in [2.75, 3.05) is 26.7 Å². The van der Waals surface area contributed by atoms with Gasteiger partial charge >= 0.3 is 0 Å². The Morgan fingerprint density at radius 3 is 2.38 bits per heavy atom. The highest BCUT2D eigenvalue weighted by atomic mass is 16.5. The van der Waals surface area contributed by atoms with E-state index in [1.807, 2.05) is 7.11 Å². The molecule has 2 bridgehead atoms. The fourth-order valence-corrected chi connectivity index (χ4v) is 4.49. The minimum atomic E-state index is -0.312. The van der Waals surface area contributed by atoms with E-state index >= 15 is 0 Å². The Morgan fingerprint density at radius 1 is 1.04 bits per heavy atom. The van der Waals surface area contributed by atoms with E-state index in [0.29, 0.717) is 5.92 Å². The Morgan fingerprint density at radius 2 is 1.77 bits per heavy atom. The topological polar surface area (TPSA) is 12.5 Å². The van der Waals surface area contributed by atoms with E-state index in [1.165, 1.54) is 42.6 Å². The maximum absolute atomic E-state index is 6.04. The number of hydrogen-bond acceptors (Lipinski definition) is 2. The van der Waals surface area contributed by atoms with E-state index in [-0.39, 0.29) is 11.5 Å². The molecule has 0 N–H and O–H groups in total. The van der Waals surface area contributed by atoms with Crippen molar-refractivity contribution in [2.24, 2.45) is 5.92 Å². The highest BCUT2D eigenvalue weighted by Gasteiger charge is 2.46. The molecule has 0 saturated carbocycles. The van der Waals surface area contributed by atoms with Gasteiger partial charge in [-0.3, -0.25) is 4.90 Å². The zero-order chi connectivity index (χ0) is 18.0. The van der Waals surface area contributed by atoms with Crippen LogP contribution in [0.2, 0.25) is 0 Å². The number of methoxy groups -OCH3 is 1. The molecule has 0 amide bonds. The quantitative estimate of drug-likeness (QED) is 0.772. The third-order valence-electron chi connectivity index (χ3n) is 6.01. The first-order valence-electron chi connectivity index (χ1n) is 9.62. The number of benzene rings is 2. The van der Waals surface area contributed by atoms with Crippen molar-refractivity contribution in [1.82, 2.24) is 4.90 Å². The predicted octanol–water partition coefficient (Wildman–Crippen LogP) is 4.24. The molecule has 0 aromatic heterocycles. The average molecular weight is 345 g/mol. The van der Waals surface area contributed by atoms with Gasteiger partial charge < -0.3 is 4.74 Å². The van der Waals surface area contributed by atoms with Gasteiger partial charge in [0.1, 0.15) is 5.60 Å². The van der Waals surface area contributed by atoms with Gasteiger partial charge in [0.25, 0.3) is 0 Å². The summed E-state index contributed by atoms with van der Waals surface area (Å²) in [4.78, 5) is 2.50. The molecule has 2 heteroatoms. The molecule has 2 aromatic carbocycles. The Balaban J connectivity index is 1.73. The molecule has 26 heavy (non-hydrogen) atoms. The van der Waals surface area contributed by atoms with Crippen molar-refractivity contribution >= 4 is 0 Å². The SMILES string of the molecule is CO[C@]1(C#CC(c2ccccc2)c2cccc(C)c2)CN2CCC1CC2. The number of aryl methyl sites for hydroxylation is 1. The van der Waals surface area contributed by atoms with Crippen LogP contribution in [0, 0.1) is 24.7 Å². The number of hydrogen-bond donors (Lipinski definition) is 0. The number of ether oxygens (including phenoxy) is 1. The summed E-state index contributed by atoms with van der Waals surface area (Å²) in [6, 6.07) is 19.3.